The highest BCUT2D eigenvalue weighted by atomic mass is 19.1. The normalized spacial score (nSPS) is 11.5. The topological polar surface area (TPSA) is 21.3 Å². The molecular formula is C54H35FN2O. The molecule has 11 rings (SSSR count). The van der Waals surface area contributed by atoms with E-state index in [1.807, 2.05) is 42.5 Å². The van der Waals surface area contributed by atoms with E-state index in [0.29, 0.717) is 0 Å². The van der Waals surface area contributed by atoms with E-state index >= 15 is 0 Å². The second-order valence-electron chi connectivity index (χ2n) is 14.7. The van der Waals surface area contributed by atoms with Gasteiger partial charge in [0.15, 0.2) is 0 Å². The lowest BCUT2D eigenvalue weighted by Crippen LogP contribution is -2.10. The third-order valence-corrected chi connectivity index (χ3v) is 11.3. The van der Waals surface area contributed by atoms with E-state index in [0.717, 1.165) is 94.3 Å². The quantitative estimate of drug-likeness (QED) is 0.162. The van der Waals surface area contributed by atoms with Gasteiger partial charge in [-0.25, -0.2) is 4.39 Å². The Balaban J connectivity index is 1.01. The van der Waals surface area contributed by atoms with E-state index in [1.165, 1.54) is 5.56 Å². The summed E-state index contributed by atoms with van der Waals surface area (Å²) in [6.07, 6.45) is 0. The zero-order valence-electron chi connectivity index (χ0n) is 31.4. The number of hydrogen-bond donors (Lipinski definition) is 0. The first kappa shape index (κ1) is 33.6. The van der Waals surface area contributed by atoms with Gasteiger partial charge in [-0.05, 0) is 113 Å². The van der Waals surface area contributed by atoms with Crippen molar-refractivity contribution in [3.8, 4) is 39.1 Å². The molecule has 58 heavy (non-hydrogen) atoms. The molecule has 0 aliphatic rings. The van der Waals surface area contributed by atoms with Crippen molar-refractivity contribution in [3.63, 3.8) is 0 Å². The van der Waals surface area contributed by atoms with Gasteiger partial charge in [-0.15, -0.1) is 0 Å². The maximum absolute atomic E-state index is 14.8. The van der Waals surface area contributed by atoms with Gasteiger partial charge in [-0.2, -0.15) is 0 Å². The molecule has 0 atom stereocenters. The minimum absolute atomic E-state index is 0.254. The molecule has 0 saturated carbocycles. The van der Waals surface area contributed by atoms with Crippen molar-refractivity contribution in [2.45, 2.75) is 0 Å². The van der Waals surface area contributed by atoms with Gasteiger partial charge in [0, 0.05) is 44.2 Å². The van der Waals surface area contributed by atoms with Crippen LogP contribution in [-0.2, 0) is 0 Å². The van der Waals surface area contributed by atoms with Gasteiger partial charge in [0.1, 0.15) is 17.0 Å². The molecule has 0 aliphatic carbocycles. The first-order valence-electron chi connectivity index (χ1n) is 19.5. The molecule has 4 heteroatoms. The van der Waals surface area contributed by atoms with E-state index in [2.05, 4.69) is 167 Å². The Bertz CT molecular complexity index is 3290. The van der Waals surface area contributed by atoms with Gasteiger partial charge in [0.05, 0.1) is 16.7 Å². The zero-order chi connectivity index (χ0) is 38.6. The van der Waals surface area contributed by atoms with Gasteiger partial charge >= 0.3 is 0 Å². The maximum Gasteiger partial charge on any atom is 0.135 e. The van der Waals surface area contributed by atoms with Crippen LogP contribution in [0.4, 0.5) is 21.5 Å². The number of halogens is 1. The summed E-state index contributed by atoms with van der Waals surface area (Å²) in [6, 6.07) is 73.2. The van der Waals surface area contributed by atoms with Crippen LogP contribution in [0.3, 0.4) is 0 Å². The molecule has 0 bridgehead atoms. The van der Waals surface area contributed by atoms with Gasteiger partial charge < -0.3 is 13.9 Å². The number of fused-ring (bicyclic) bond motifs is 6. The van der Waals surface area contributed by atoms with Crippen LogP contribution < -0.4 is 4.90 Å². The molecular weight excluding hydrogens is 712 g/mol. The Morgan fingerprint density at radius 3 is 1.79 bits per heavy atom. The number of rotatable bonds is 7. The molecule has 11 aromatic rings. The Hall–Kier alpha value is -7.69. The van der Waals surface area contributed by atoms with Gasteiger partial charge in [0.25, 0.3) is 0 Å². The van der Waals surface area contributed by atoms with Crippen molar-refractivity contribution in [3.05, 3.63) is 218 Å². The molecule has 0 amide bonds. The zero-order valence-corrected chi connectivity index (χ0v) is 31.4. The standard InChI is InChI=1S/C54H35FN2O/c55-41-26-31-47-46-16-5-8-19-51(46)57(52(47)35-41)50-18-7-4-15-45(50)38-23-29-43(30-24-38)56(44-14-10-13-39(33-44)36-11-2-1-3-12-36)42-27-21-37(22-28-42)40-25-32-54-49(34-40)48-17-6-9-20-53(48)58-54/h1-35H. The van der Waals surface area contributed by atoms with Crippen molar-refractivity contribution < 1.29 is 8.81 Å². The largest absolute Gasteiger partial charge is 0.456 e. The van der Waals surface area contributed by atoms with E-state index in [-0.39, 0.29) is 5.82 Å². The molecule has 3 nitrogen and oxygen atoms in total. The van der Waals surface area contributed by atoms with Crippen LogP contribution in [-0.4, -0.2) is 4.57 Å². The fourth-order valence-electron chi connectivity index (χ4n) is 8.52. The van der Waals surface area contributed by atoms with Crippen LogP contribution in [0.25, 0.3) is 82.8 Å². The molecule has 9 aromatic carbocycles. The molecule has 2 aromatic heterocycles. The first-order chi connectivity index (χ1) is 28.7. The van der Waals surface area contributed by atoms with Crippen LogP contribution in [0.1, 0.15) is 0 Å². The fourth-order valence-corrected chi connectivity index (χ4v) is 8.52. The number of anilines is 3. The summed E-state index contributed by atoms with van der Waals surface area (Å²) in [6.45, 7) is 0. The Labute approximate surface area is 335 Å². The summed E-state index contributed by atoms with van der Waals surface area (Å²) < 4.78 is 23.1. The van der Waals surface area contributed by atoms with Crippen LogP contribution in [0.2, 0.25) is 0 Å². The van der Waals surface area contributed by atoms with E-state index in [9.17, 15) is 4.39 Å². The molecule has 2 heterocycles. The number of aromatic nitrogens is 1. The number of benzene rings is 9. The van der Waals surface area contributed by atoms with Gasteiger partial charge in [-0.3, -0.25) is 0 Å². The number of nitrogens with zero attached hydrogens (tertiary/aromatic N) is 2. The van der Waals surface area contributed by atoms with Crippen molar-refractivity contribution in [1.29, 1.82) is 0 Å². The number of hydrogen-bond acceptors (Lipinski definition) is 2. The van der Waals surface area contributed by atoms with E-state index in [1.54, 1.807) is 12.1 Å². The lowest BCUT2D eigenvalue weighted by Gasteiger charge is -2.26. The molecule has 0 radical (unpaired) electrons. The average molecular weight is 747 g/mol. The summed E-state index contributed by atoms with van der Waals surface area (Å²) >= 11 is 0. The van der Waals surface area contributed by atoms with E-state index in [4.69, 9.17) is 4.42 Å². The van der Waals surface area contributed by atoms with Crippen molar-refractivity contribution in [2.24, 2.45) is 0 Å². The molecule has 0 N–H and O–H groups in total. The minimum Gasteiger partial charge on any atom is -0.456 e. The maximum atomic E-state index is 14.8. The smallest absolute Gasteiger partial charge is 0.135 e. The summed E-state index contributed by atoms with van der Waals surface area (Å²) in [5.74, 6) is -0.254. The van der Waals surface area contributed by atoms with Crippen LogP contribution >= 0.6 is 0 Å². The second-order valence-corrected chi connectivity index (χ2v) is 14.7. The highest BCUT2D eigenvalue weighted by Gasteiger charge is 2.18. The minimum atomic E-state index is -0.254. The predicted octanol–water partition coefficient (Wildman–Crippen LogP) is 15.3. The summed E-state index contributed by atoms with van der Waals surface area (Å²) in [4.78, 5) is 2.31. The molecule has 0 saturated heterocycles. The average Bonchev–Trinajstić information content (AvgIpc) is 3.82. The Kier molecular flexibility index (Phi) is 8.00. The predicted molar refractivity (Wildman–Crippen MR) is 239 cm³/mol. The van der Waals surface area contributed by atoms with Crippen molar-refractivity contribution in [1.82, 2.24) is 4.57 Å². The molecule has 0 unspecified atom stereocenters. The molecule has 0 fully saturated rings. The number of furan rings is 1. The Morgan fingerprint density at radius 1 is 0.362 bits per heavy atom. The highest BCUT2D eigenvalue weighted by molar-refractivity contribution is 6.10. The highest BCUT2D eigenvalue weighted by Crippen LogP contribution is 2.41. The lowest BCUT2D eigenvalue weighted by atomic mass is 10.0. The van der Waals surface area contributed by atoms with Crippen LogP contribution in [0.15, 0.2) is 217 Å². The molecule has 274 valence electrons. The summed E-state index contributed by atoms with van der Waals surface area (Å²) in [7, 11) is 0. The summed E-state index contributed by atoms with van der Waals surface area (Å²) in [5.41, 5.74) is 14.5. The first-order valence-corrected chi connectivity index (χ1v) is 19.5. The van der Waals surface area contributed by atoms with Gasteiger partial charge in [-0.1, -0.05) is 127 Å². The van der Waals surface area contributed by atoms with Gasteiger partial charge in [0.2, 0.25) is 0 Å². The molecule has 0 aliphatic heterocycles. The van der Waals surface area contributed by atoms with Crippen molar-refractivity contribution >= 4 is 60.8 Å². The monoisotopic (exact) mass is 746 g/mol. The van der Waals surface area contributed by atoms with E-state index < -0.39 is 0 Å². The third kappa shape index (κ3) is 5.74. The fraction of sp³-hybridized carbons (Fsp3) is 0. The number of para-hydroxylation sites is 3. The SMILES string of the molecule is Fc1ccc2c3ccccc3n(-c3ccccc3-c3ccc(N(c4ccc(-c5ccc6oc7ccccc7c6c5)cc4)c4cccc(-c5ccccc5)c4)cc3)c2c1. The molecule has 0 spiro atoms. The Morgan fingerprint density at radius 2 is 0.966 bits per heavy atom. The van der Waals surface area contributed by atoms with Crippen LogP contribution in [0, 0.1) is 5.82 Å². The van der Waals surface area contributed by atoms with Crippen molar-refractivity contribution in [2.75, 3.05) is 4.90 Å². The lowest BCUT2D eigenvalue weighted by molar-refractivity contribution is 0.629. The third-order valence-electron chi connectivity index (χ3n) is 11.3. The summed E-state index contributed by atoms with van der Waals surface area (Å²) in [5, 5.41) is 4.36. The second kappa shape index (κ2) is 13.8. The van der Waals surface area contributed by atoms with Crippen LogP contribution in [0.5, 0.6) is 0 Å².